The molecule has 0 saturated carbocycles. The van der Waals surface area contributed by atoms with Crippen molar-refractivity contribution in [2.75, 3.05) is 26.2 Å². The van der Waals surface area contributed by atoms with E-state index in [0.29, 0.717) is 11.5 Å². The van der Waals surface area contributed by atoms with Gasteiger partial charge in [0.2, 0.25) is 15.8 Å². The second kappa shape index (κ2) is 7.42. The molecule has 1 aliphatic rings. The van der Waals surface area contributed by atoms with E-state index in [1.165, 1.54) is 28.8 Å². The van der Waals surface area contributed by atoms with Crippen molar-refractivity contribution in [2.24, 2.45) is 0 Å². The van der Waals surface area contributed by atoms with E-state index in [1.807, 2.05) is 0 Å². The normalized spacial score (nSPS) is 15.7. The Hall–Kier alpha value is -2.62. The van der Waals surface area contributed by atoms with E-state index in [9.17, 15) is 13.2 Å². The van der Waals surface area contributed by atoms with Crippen molar-refractivity contribution in [3.8, 4) is 11.5 Å². The first-order valence-electron chi connectivity index (χ1n) is 8.51. The Bertz CT molecular complexity index is 1090. The monoisotopic (exact) mass is 421 g/mol. The zero-order chi connectivity index (χ0) is 19.7. The zero-order valence-corrected chi connectivity index (χ0v) is 16.2. The Morgan fingerprint density at radius 3 is 2.46 bits per heavy atom. The van der Waals surface area contributed by atoms with Crippen molar-refractivity contribution in [3.63, 3.8) is 0 Å². The van der Waals surface area contributed by atoms with E-state index in [-0.39, 0.29) is 47.7 Å². The van der Waals surface area contributed by atoms with Gasteiger partial charge in [-0.15, -0.1) is 0 Å². The van der Waals surface area contributed by atoms with Gasteiger partial charge in [-0.05, 0) is 24.3 Å². The molecular weight excluding hydrogens is 406 g/mol. The van der Waals surface area contributed by atoms with Gasteiger partial charge in [0.15, 0.2) is 11.5 Å². The summed E-state index contributed by atoms with van der Waals surface area (Å²) in [5.41, 5.74) is 0.147. The minimum atomic E-state index is -3.72. The van der Waals surface area contributed by atoms with Crippen molar-refractivity contribution in [2.45, 2.75) is 4.90 Å². The number of rotatable bonds is 4. The number of piperazine rings is 1. The lowest BCUT2D eigenvalue weighted by Gasteiger charge is -2.33. The van der Waals surface area contributed by atoms with Crippen LogP contribution < -0.4 is 0 Å². The van der Waals surface area contributed by atoms with Crippen LogP contribution in [0.2, 0.25) is 5.02 Å². The number of amides is 1. The van der Waals surface area contributed by atoms with Crippen LogP contribution >= 0.6 is 11.6 Å². The average Bonchev–Trinajstić information content (AvgIpc) is 3.39. The summed E-state index contributed by atoms with van der Waals surface area (Å²) < 4.78 is 37.3. The van der Waals surface area contributed by atoms with Crippen molar-refractivity contribution in [1.82, 2.24) is 14.4 Å². The van der Waals surface area contributed by atoms with Gasteiger partial charge in [-0.2, -0.15) is 4.31 Å². The third-order valence-electron chi connectivity index (χ3n) is 4.47. The number of sulfonamides is 1. The molecule has 0 aliphatic carbocycles. The number of aromatic nitrogens is 1. The van der Waals surface area contributed by atoms with Crippen molar-refractivity contribution >= 4 is 27.5 Å². The van der Waals surface area contributed by atoms with Crippen LogP contribution in [0.5, 0.6) is 0 Å². The summed E-state index contributed by atoms with van der Waals surface area (Å²) in [6.45, 7) is 0.821. The van der Waals surface area contributed by atoms with Gasteiger partial charge in [-0.25, -0.2) is 8.42 Å². The highest BCUT2D eigenvalue weighted by molar-refractivity contribution is 7.89. The summed E-state index contributed by atoms with van der Waals surface area (Å²) in [6, 6.07) is 11.2. The molecule has 0 N–H and O–H groups in total. The van der Waals surface area contributed by atoms with E-state index in [2.05, 4.69) is 5.16 Å². The lowest BCUT2D eigenvalue weighted by Crippen LogP contribution is -2.50. The molecule has 1 aliphatic heterocycles. The lowest BCUT2D eigenvalue weighted by atomic mass is 10.2. The number of nitrogens with zero attached hydrogens (tertiary/aromatic N) is 3. The van der Waals surface area contributed by atoms with Gasteiger partial charge in [0, 0.05) is 32.2 Å². The maximum Gasteiger partial charge on any atom is 0.276 e. The molecule has 28 heavy (non-hydrogen) atoms. The number of furan rings is 1. The molecule has 2 aromatic heterocycles. The molecule has 0 radical (unpaired) electrons. The Morgan fingerprint density at radius 1 is 1.04 bits per heavy atom. The Balaban J connectivity index is 1.44. The van der Waals surface area contributed by atoms with E-state index < -0.39 is 10.0 Å². The third-order valence-corrected chi connectivity index (χ3v) is 6.87. The van der Waals surface area contributed by atoms with Crippen LogP contribution in [-0.4, -0.2) is 54.9 Å². The van der Waals surface area contributed by atoms with E-state index in [0.717, 1.165) is 0 Å². The van der Waals surface area contributed by atoms with Crippen LogP contribution in [0, 0.1) is 0 Å². The van der Waals surface area contributed by atoms with Crippen LogP contribution in [-0.2, 0) is 10.0 Å². The molecule has 1 aromatic carbocycles. The molecule has 0 spiro atoms. The molecule has 0 bridgehead atoms. The molecular formula is C18H16ClN3O5S. The summed E-state index contributed by atoms with van der Waals surface area (Å²) in [7, 11) is -3.72. The molecule has 8 nitrogen and oxygen atoms in total. The van der Waals surface area contributed by atoms with Gasteiger partial charge in [-0.3, -0.25) is 4.79 Å². The third kappa shape index (κ3) is 3.44. The fourth-order valence-electron chi connectivity index (χ4n) is 3.00. The van der Waals surface area contributed by atoms with E-state index in [4.69, 9.17) is 20.5 Å². The smallest absolute Gasteiger partial charge is 0.276 e. The molecule has 1 fully saturated rings. The number of carbonyl (C=O) groups is 1. The van der Waals surface area contributed by atoms with Crippen LogP contribution in [0.1, 0.15) is 10.5 Å². The van der Waals surface area contributed by atoms with Crippen LogP contribution in [0.15, 0.2) is 62.6 Å². The SMILES string of the molecule is O=C(c1cc(-c2ccco2)on1)N1CCN(S(=O)(=O)c2ccccc2Cl)CC1. The topological polar surface area (TPSA) is 96.9 Å². The van der Waals surface area contributed by atoms with Gasteiger partial charge in [0.25, 0.3) is 5.91 Å². The Kier molecular flexibility index (Phi) is 4.96. The van der Waals surface area contributed by atoms with Crippen LogP contribution in [0.3, 0.4) is 0 Å². The number of halogens is 1. The van der Waals surface area contributed by atoms with Crippen LogP contribution in [0.25, 0.3) is 11.5 Å². The molecule has 0 unspecified atom stereocenters. The van der Waals surface area contributed by atoms with Gasteiger partial charge in [0.05, 0.1) is 11.3 Å². The van der Waals surface area contributed by atoms with Crippen molar-refractivity contribution < 1.29 is 22.2 Å². The fraction of sp³-hybridized carbons (Fsp3) is 0.222. The second-order valence-electron chi connectivity index (χ2n) is 6.18. The zero-order valence-electron chi connectivity index (χ0n) is 14.6. The molecule has 3 aromatic rings. The highest BCUT2D eigenvalue weighted by Crippen LogP contribution is 2.26. The van der Waals surface area contributed by atoms with E-state index in [1.54, 1.807) is 29.2 Å². The minimum absolute atomic E-state index is 0.0658. The quantitative estimate of drug-likeness (QED) is 0.642. The number of hydrogen-bond donors (Lipinski definition) is 0. The minimum Gasteiger partial charge on any atom is -0.461 e. The number of hydrogen-bond acceptors (Lipinski definition) is 6. The Labute approximate surface area is 166 Å². The first kappa shape index (κ1) is 18.7. The molecule has 10 heteroatoms. The van der Waals surface area contributed by atoms with Gasteiger partial charge in [0.1, 0.15) is 4.90 Å². The lowest BCUT2D eigenvalue weighted by molar-refractivity contribution is 0.0687. The standard InChI is InChI=1S/C18H16ClN3O5S/c19-13-4-1-2-6-17(13)28(24,25)22-9-7-21(8-10-22)18(23)14-12-16(27-20-14)15-5-3-11-26-15/h1-6,11-12H,7-10H2. The summed E-state index contributed by atoms with van der Waals surface area (Å²) >= 11 is 6.04. The molecule has 1 amide bonds. The molecule has 3 heterocycles. The number of benzene rings is 1. The van der Waals surface area contributed by atoms with Gasteiger partial charge < -0.3 is 13.8 Å². The van der Waals surface area contributed by atoms with Gasteiger partial charge in [-0.1, -0.05) is 28.9 Å². The van der Waals surface area contributed by atoms with E-state index >= 15 is 0 Å². The first-order chi connectivity index (χ1) is 13.5. The number of carbonyl (C=O) groups excluding carboxylic acids is 1. The van der Waals surface area contributed by atoms with Crippen molar-refractivity contribution in [1.29, 1.82) is 0 Å². The maximum absolute atomic E-state index is 12.8. The predicted molar refractivity (Wildman–Crippen MR) is 100 cm³/mol. The average molecular weight is 422 g/mol. The second-order valence-corrected chi connectivity index (χ2v) is 8.49. The molecule has 0 atom stereocenters. The summed E-state index contributed by atoms with van der Waals surface area (Å²) in [5.74, 6) is 0.506. The molecule has 4 rings (SSSR count). The molecule has 146 valence electrons. The van der Waals surface area contributed by atoms with Crippen molar-refractivity contribution in [3.05, 3.63) is 59.4 Å². The van der Waals surface area contributed by atoms with Gasteiger partial charge >= 0.3 is 0 Å². The highest BCUT2D eigenvalue weighted by Gasteiger charge is 2.32. The maximum atomic E-state index is 12.8. The fourth-order valence-corrected chi connectivity index (χ4v) is 4.91. The van der Waals surface area contributed by atoms with Crippen LogP contribution in [0.4, 0.5) is 0 Å². The summed E-state index contributed by atoms with van der Waals surface area (Å²) in [5, 5.41) is 3.97. The Morgan fingerprint density at radius 2 is 1.79 bits per heavy atom. The summed E-state index contributed by atoms with van der Waals surface area (Å²) in [4.78, 5) is 14.3. The summed E-state index contributed by atoms with van der Waals surface area (Å²) in [6.07, 6.45) is 1.50. The highest BCUT2D eigenvalue weighted by atomic mass is 35.5. The largest absolute Gasteiger partial charge is 0.461 e. The predicted octanol–water partition coefficient (Wildman–Crippen LogP) is 2.73. The first-order valence-corrected chi connectivity index (χ1v) is 10.3. The molecule has 1 saturated heterocycles.